The maximum Gasteiger partial charge on any atom is 0.257 e. The SMILES string of the molecule is C/C(=N/NC(=O)CSc1nc2ccccc2o1)c1cccc2ccccc12. The third-order valence-electron chi connectivity index (χ3n) is 4.13. The number of carbonyl (C=O) groups is 1. The van der Waals surface area contributed by atoms with E-state index in [-0.39, 0.29) is 11.7 Å². The summed E-state index contributed by atoms with van der Waals surface area (Å²) in [5.74, 6) is -0.0269. The van der Waals surface area contributed by atoms with Crippen LogP contribution < -0.4 is 5.43 Å². The number of para-hydroxylation sites is 2. The van der Waals surface area contributed by atoms with Gasteiger partial charge >= 0.3 is 0 Å². The number of hydrogen-bond acceptors (Lipinski definition) is 5. The first-order chi connectivity index (χ1) is 13.2. The van der Waals surface area contributed by atoms with E-state index in [0.717, 1.165) is 27.6 Å². The summed E-state index contributed by atoms with van der Waals surface area (Å²) in [6.45, 7) is 1.88. The van der Waals surface area contributed by atoms with Gasteiger partial charge in [-0.1, -0.05) is 66.4 Å². The Hall–Kier alpha value is -3.12. The van der Waals surface area contributed by atoms with Gasteiger partial charge in [0.2, 0.25) is 0 Å². The van der Waals surface area contributed by atoms with Crippen LogP contribution in [0.5, 0.6) is 0 Å². The molecule has 0 aliphatic carbocycles. The molecule has 0 atom stereocenters. The maximum atomic E-state index is 12.1. The van der Waals surface area contributed by atoms with E-state index in [9.17, 15) is 4.79 Å². The van der Waals surface area contributed by atoms with Crippen molar-refractivity contribution in [3.63, 3.8) is 0 Å². The molecule has 134 valence electrons. The smallest absolute Gasteiger partial charge is 0.257 e. The maximum absolute atomic E-state index is 12.1. The van der Waals surface area contributed by atoms with Crippen molar-refractivity contribution in [3.05, 3.63) is 72.3 Å². The Kier molecular flexibility index (Phi) is 4.89. The molecule has 0 aliphatic heterocycles. The average molecular weight is 375 g/mol. The minimum atomic E-state index is -0.207. The molecule has 0 saturated heterocycles. The summed E-state index contributed by atoms with van der Waals surface area (Å²) in [4.78, 5) is 16.5. The standard InChI is InChI=1S/C21H17N3O2S/c1-14(16-10-6-8-15-7-2-3-9-17(15)16)23-24-20(25)13-27-21-22-18-11-4-5-12-19(18)26-21/h2-12H,13H2,1H3,(H,24,25)/b23-14-. The quantitative estimate of drug-likeness (QED) is 0.314. The molecule has 1 amide bonds. The summed E-state index contributed by atoms with van der Waals surface area (Å²) in [6.07, 6.45) is 0. The third-order valence-corrected chi connectivity index (χ3v) is 4.96. The number of nitrogens with one attached hydrogen (secondary N) is 1. The van der Waals surface area contributed by atoms with Crippen molar-refractivity contribution in [2.45, 2.75) is 12.1 Å². The number of carbonyl (C=O) groups excluding carboxylic acids is 1. The van der Waals surface area contributed by atoms with Gasteiger partial charge in [0.05, 0.1) is 11.5 Å². The Bertz CT molecular complexity index is 1110. The Balaban J connectivity index is 1.41. The first-order valence-corrected chi connectivity index (χ1v) is 9.49. The van der Waals surface area contributed by atoms with Crippen LogP contribution in [0, 0.1) is 0 Å². The molecule has 1 heterocycles. The predicted octanol–water partition coefficient (Wildman–Crippen LogP) is 4.61. The van der Waals surface area contributed by atoms with E-state index < -0.39 is 0 Å². The number of oxazole rings is 1. The third kappa shape index (κ3) is 3.85. The molecule has 0 radical (unpaired) electrons. The van der Waals surface area contributed by atoms with Crippen LogP contribution >= 0.6 is 11.8 Å². The highest BCUT2D eigenvalue weighted by molar-refractivity contribution is 7.99. The van der Waals surface area contributed by atoms with Crippen LogP contribution in [0.15, 0.2) is 81.5 Å². The molecule has 0 aliphatic rings. The highest BCUT2D eigenvalue weighted by Crippen LogP contribution is 2.23. The summed E-state index contributed by atoms with van der Waals surface area (Å²) in [7, 11) is 0. The molecule has 4 aromatic rings. The second kappa shape index (κ2) is 7.63. The molecule has 6 heteroatoms. The predicted molar refractivity (Wildman–Crippen MR) is 109 cm³/mol. The Labute approximate surface area is 160 Å². The first-order valence-electron chi connectivity index (χ1n) is 8.50. The number of thioether (sulfide) groups is 1. The highest BCUT2D eigenvalue weighted by Gasteiger charge is 2.09. The van der Waals surface area contributed by atoms with Crippen molar-refractivity contribution >= 4 is 45.3 Å². The Morgan fingerprint density at radius 3 is 2.74 bits per heavy atom. The summed E-state index contributed by atoms with van der Waals surface area (Å²) in [6, 6.07) is 21.7. The molecule has 27 heavy (non-hydrogen) atoms. The second-order valence-corrected chi connectivity index (χ2v) is 6.92. The molecule has 5 nitrogen and oxygen atoms in total. The van der Waals surface area contributed by atoms with E-state index in [1.54, 1.807) is 0 Å². The molecule has 1 aromatic heterocycles. The van der Waals surface area contributed by atoms with E-state index in [2.05, 4.69) is 33.7 Å². The molecule has 3 aromatic carbocycles. The minimum Gasteiger partial charge on any atom is -0.431 e. The van der Waals surface area contributed by atoms with Gasteiger partial charge in [-0.05, 0) is 29.8 Å². The fraction of sp³-hybridized carbons (Fsp3) is 0.0952. The van der Waals surface area contributed by atoms with Crippen molar-refractivity contribution in [1.82, 2.24) is 10.4 Å². The van der Waals surface area contributed by atoms with Crippen LogP contribution in [-0.2, 0) is 4.79 Å². The Morgan fingerprint density at radius 2 is 1.85 bits per heavy atom. The molecule has 0 unspecified atom stereocenters. The number of rotatable bonds is 5. The van der Waals surface area contributed by atoms with E-state index in [4.69, 9.17) is 4.42 Å². The molecular formula is C21H17N3O2S. The fourth-order valence-corrected chi connectivity index (χ4v) is 3.45. The minimum absolute atomic E-state index is 0.180. The van der Waals surface area contributed by atoms with Gasteiger partial charge in [0.15, 0.2) is 5.58 Å². The van der Waals surface area contributed by atoms with Crippen LogP contribution in [0.25, 0.3) is 21.9 Å². The van der Waals surface area contributed by atoms with Crippen molar-refractivity contribution < 1.29 is 9.21 Å². The molecule has 0 saturated carbocycles. The fourth-order valence-electron chi connectivity index (χ4n) is 2.82. The molecule has 4 rings (SSSR count). The van der Waals surface area contributed by atoms with E-state index in [1.807, 2.05) is 55.5 Å². The highest BCUT2D eigenvalue weighted by atomic mass is 32.2. The number of benzene rings is 3. The lowest BCUT2D eigenvalue weighted by molar-refractivity contribution is -0.118. The van der Waals surface area contributed by atoms with Crippen molar-refractivity contribution in [3.8, 4) is 0 Å². The lowest BCUT2D eigenvalue weighted by atomic mass is 10.0. The molecule has 1 N–H and O–H groups in total. The first kappa shape index (κ1) is 17.3. The second-order valence-electron chi connectivity index (χ2n) is 6.00. The van der Waals surface area contributed by atoms with Gasteiger partial charge in [-0.15, -0.1) is 0 Å². The molecule has 0 bridgehead atoms. The topological polar surface area (TPSA) is 67.5 Å². The Morgan fingerprint density at radius 1 is 1.07 bits per heavy atom. The lowest BCUT2D eigenvalue weighted by Crippen LogP contribution is -2.21. The summed E-state index contributed by atoms with van der Waals surface area (Å²) in [5.41, 5.74) is 5.86. The summed E-state index contributed by atoms with van der Waals surface area (Å²) in [5, 5.41) is 6.97. The zero-order chi connectivity index (χ0) is 18.6. The van der Waals surface area contributed by atoms with Gasteiger partial charge in [0.1, 0.15) is 5.52 Å². The van der Waals surface area contributed by atoms with Gasteiger partial charge in [0.25, 0.3) is 11.1 Å². The molecule has 0 fully saturated rings. The number of nitrogens with zero attached hydrogens (tertiary/aromatic N) is 2. The zero-order valence-corrected chi connectivity index (χ0v) is 15.5. The van der Waals surface area contributed by atoms with Gasteiger partial charge in [0, 0.05) is 5.56 Å². The largest absolute Gasteiger partial charge is 0.431 e. The van der Waals surface area contributed by atoms with Gasteiger partial charge in [-0.2, -0.15) is 5.10 Å². The monoisotopic (exact) mass is 375 g/mol. The zero-order valence-electron chi connectivity index (χ0n) is 14.7. The number of fused-ring (bicyclic) bond motifs is 2. The normalized spacial score (nSPS) is 11.8. The van der Waals surface area contributed by atoms with Crippen molar-refractivity contribution in [2.24, 2.45) is 5.10 Å². The number of hydrogen-bond donors (Lipinski definition) is 1. The number of hydrazone groups is 1. The van der Waals surface area contributed by atoms with Crippen LogP contribution in [0.2, 0.25) is 0 Å². The van der Waals surface area contributed by atoms with Crippen LogP contribution in [0.4, 0.5) is 0 Å². The van der Waals surface area contributed by atoms with Gasteiger partial charge in [-0.25, -0.2) is 10.4 Å². The van der Waals surface area contributed by atoms with E-state index >= 15 is 0 Å². The number of aromatic nitrogens is 1. The van der Waals surface area contributed by atoms with Crippen molar-refractivity contribution in [2.75, 3.05) is 5.75 Å². The number of amides is 1. The van der Waals surface area contributed by atoms with Gasteiger partial charge in [-0.3, -0.25) is 4.79 Å². The van der Waals surface area contributed by atoms with Crippen LogP contribution in [0.1, 0.15) is 12.5 Å². The van der Waals surface area contributed by atoms with Crippen LogP contribution in [-0.4, -0.2) is 22.4 Å². The molecule has 0 spiro atoms. The summed E-state index contributed by atoms with van der Waals surface area (Å²) < 4.78 is 5.60. The van der Waals surface area contributed by atoms with Crippen molar-refractivity contribution in [1.29, 1.82) is 0 Å². The summed E-state index contributed by atoms with van der Waals surface area (Å²) >= 11 is 1.25. The average Bonchev–Trinajstić information content (AvgIpc) is 3.13. The van der Waals surface area contributed by atoms with Crippen LogP contribution in [0.3, 0.4) is 0 Å². The van der Waals surface area contributed by atoms with E-state index in [0.29, 0.717) is 10.8 Å². The van der Waals surface area contributed by atoms with Gasteiger partial charge < -0.3 is 4.42 Å². The van der Waals surface area contributed by atoms with E-state index in [1.165, 1.54) is 11.8 Å². The lowest BCUT2D eigenvalue weighted by Gasteiger charge is -2.06. The molecular weight excluding hydrogens is 358 g/mol.